The number of unbranched alkanes of at least 4 members (excludes halogenated alkanes) is 5. The minimum absolute atomic E-state index is 0.0470. The van der Waals surface area contributed by atoms with Crippen molar-refractivity contribution in [1.82, 2.24) is 9.97 Å². The van der Waals surface area contributed by atoms with Crippen LogP contribution in [0.3, 0.4) is 0 Å². The molecule has 0 aliphatic heterocycles. The Morgan fingerprint density at radius 1 is 0.955 bits per heavy atom. The molecule has 126 valence electrons. The Bertz CT molecular complexity index is 419. The highest BCUT2D eigenvalue weighted by atomic mass is 19.4. The quantitative estimate of drug-likeness (QED) is 0.485. The molecule has 0 amide bonds. The number of hydrogen-bond acceptors (Lipinski definition) is 2. The van der Waals surface area contributed by atoms with Crippen molar-refractivity contribution in [3.05, 3.63) is 23.8 Å². The smallest absolute Gasteiger partial charge is 0.241 e. The molecular weight excluding hydrogens is 289 g/mol. The predicted octanol–water partition coefficient (Wildman–Crippen LogP) is 6.13. The van der Waals surface area contributed by atoms with Gasteiger partial charge in [-0.1, -0.05) is 58.8 Å². The maximum atomic E-state index is 12.8. The van der Waals surface area contributed by atoms with Gasteiger partial charge in [0.15, 0.2) is 0 Å². The molecule has 0 bridgehead atoms. The summed E-state index contributed by atoms with van der Waals surface area (Å²) >= 11 is 0. The van der Waals surface area contributed by atoms with Crippen molar-refractivity contribution in [2.75, 3.05) is 0 Å². The molecule has 1 heterocycles. The molecule has 0 saturated heterocycles. The Morgan fingerprint density at radius 2 is 1.55 bits per heavy atom. The summed E-state index contributed by atoms with van der Waals surface area (Å²) in [6, 6.07) is 0.948. The zero-order valence-electron chi connectivity index (χ0n) is 13.6. The van der Waals surface area contributed by atoms with Crippen molar-refractivity contribution in [1.29, 1.82) is 0 Å². The van der Waals surface area contributed by atoms with Gasteiger partial charge in [-0.15, -0.1) is 0 Å². The predicted molar refractivity (Wildman–Crippen MR) is 82.7 cm³/mol. The Balaban J connectivity index is 2.75. The highest BCUT2D eigenvalue weighted by Gasteiger charge is 2.33. The fraction of sp³-hybridized carbons (Fsp3) is 0.765. The molecule has 22 heavy (non-hydrogen) atoms. The van der Waals surface area contributed by atoms with Crippen LogP contribution in [0.4, 0.5) is 13.2 Å². The maximum Gasteiger partial charge on any atom is 0.433 e. The lowest BCUT2D eigenvalue weighted by atomic mass is 9.94. The summed E-state index contributed by atoms with van der Waals surface area (Å²) in [7, 11) is 0. The molecule has 0 aliphatic rings. The van der Waals surface area contributed by atoms with Crippen molar-refractivity contribution in [2.24, 2.45) is 0 Å². The number of halogens is 3. The van der Waals surface area contributed by atoms with Gasteiger partial charge in [-0.2, -0.15) is 13.2 Å². The molecule has 1 rings (SSSR count). The van der Waals surface area contributed by atoms with Gasteiger partial charge in [-0.25, -0.2) is 9.97 Å². The summed E-state index contributed by atoms with van der Waals surface area (Å²) in [6.07, 6.45) is 6.31. The third kappa shape index (κ3) is 6.75. The second-order valence-electron chi connectivity index (χ2n) is 5.84. The minimum Gasteiger partial charge on any atom is -0.241 e. The van der Waals surface area contributed by atoms with Crippen LogP contribution in [0, 0.1) is 0 Å². The van der Waals surface area contributed by atoms with Crippen LogP contribution in [0.5, 0.6) is 0 Å². The van der Waals surface area contributed by atoms with Crippen molar-refractivity contribution >= 4 is 0 Å². The second-order valence-corrected chi connectivity index (χ2v) is 5.84. The van der Waals surface area contributed by atoms with Gasteiger partial charge in [0, 0.05) is 12.1 Å². The monoisotopic (exact) mass is 316 g/mol. The number of rotatable bonds is 10. The molecule has 0 fully saturated rings. The van der Waals surface area contributed by atoms with Crippen LogP contribution in [0.2, 0.25) is 0 Å². The van der Waals surface area contributed by atoms with Crippen LogP contribution >= 0.6 is 0 Å². The highest BCUT2D eigenvalue weighted by molar-refractivity contribution is 5.08. The van der Waals surface area contributed by atoms with Gasteiger partial charge in [0.2, 0.25) is 0 Å². The molecule has 1 aromatic rings. The summed E-state index contributed by atoms with van der Waals surface area (Å²) < 4.78 is 38.4. The van der Waals surface area contributed by atoms with E-state index in [4.69, 9.17) is 0 Å². The molecular formula is C17H27F3N2. The first-order chi connectivity index (χ1) is 10.5. The zero-order chi connectivity index (χ0) is 16.4. The zero-order valence-corrected chi connectivity index (χ0v) is 13.6. The van der Waals surface area contributed by atoms with Crippen molar-refractivity contribution in [2.45, 2.75) is 83.7 Å². The Labute approximate surface area is 131 Å². The Hall–Kier alpha value is -1.13. The molecule has 1 aromatic heterocycles. The van der Waals surface area contributed by atoms with E-state index in [2.05, 4.69) is 23.8 Å². The summed E-state index contributed by atoms with van der Waals surface area (Å²) in [5, 5.41) is 0. The van der Waals surface area contributed by atoms with Gasteiger partial charge in [-0.05, 0) is 18.9 Å². The van der Waals surface area contributed by atoms with Crippen molar-refractivity contribution in [3.63, 3.8) is 0 Å². The minimum atomic E-state index is -4.39. The molecule has 0 spiro atoms. The molecule has 0 aliphatic carbocycles. The van der Waals surface area contributed by atoms with Gasteiger partial charge in [0.05, 0.1) is 0 Å². The number of hydrogen-bond donors (Lipinski definition) is 0. The first-order valence-electron chi connectivity index (χ1n) is 8.39. The lowest BCUT2D eigenvalue weighted by molar-refractivity contribution is -0.141. The van der Waals surface area contributed by atoms with E-state index in [0.717, 1.165) is 57.4 Å². The molecule has 0 radical (unpaired) electrons. The summed E-state index contributed by atoms with van der Waals surface area (Å²) in [4.78, 5) is 7.91. The molecule has 1 atom stereocenters. The SMILES string of the molecule is CCCCCCC(CCCCC)c1nccc(C(F)(F)F)n1. The molecule has 5 heteroatoms. The van der Waals surface area contributed by atoms with E-state index in [1.165, 1.54) is 12.6 Å². The van der Waals surface area contributed by atoms with Crippen molar-refractivity contribution < 1.29 is 13.2 Å². The van der Waals surface area contributed by atoms with E-state index in [-0.39, 0.29) is 5.92 Å². The molecule has 0 aromatic carbocycles. The van der Waals surface area contributed by atoms with E-state index in [1.54, 1.807) is 0 Å². The van der Waals surface area contributed by atoms with Crippen LogP contribution in [0.25, 0.3) is 0 Å². The largest absolute Gasteiger partial charge is 0.433 e. The van der Waals surface area contributed by atoms with Crippen LogP contribution < -0.4 is 0 Å². The van der Waals surface area contributed by atoms with Crippen molar-refractivity contribution in [3.8, 4) is 0 Å². The highest BCUT2D eigenvalue weighted by Crippen LogP contribution is 2.30. The van der Waals surface area contributed by atoms with E-state index >= 15 is 0 Å². The third-order valence-corrected chi connectivity index (χ3v) is 3.89. The fourth-order valence-electron chi connectivity index (χ4n) is 2.59. The average molecular weight is 316 g/mol. The summed E-state index contributed by atoms with van der Waals surface area (Å²) in [6.45, 7) is 4.27. The number of aromatic nitrogens is 2. The molecule has 1 unspecified atom stereocenters. The van der Waals surface area contributed by atoms with Gasteiger partial charge >= 0.3 is 6.18 Å². The van der Waals surface area contributed by atoms with Crippen LogP contribution in [-0.2, 0) is 6.18 Å². The first kappa shape index (κ1) is 18.9. The Morgan fingerprint density at radius 3 is 2.14 bits per heavy atom. The molecule has 0 N–H and O–H groups in total. The van der Waals surface area contributed by atoms with Crippen LogP contribution in [-0.4, -0.2) is 9.97 Å². The molecule has 0 saturated carbocycles. The lowest BCUT2D eigenvalue weighted by Crippen LogP contribution is -2.13. The van der Waals surface area contributed by atoms with E-state index in [9.17, 15) is 13.2 Å². The number of alkyl halides is 3. The number of nitrogens with zero attached hydrogens (tertiary/aromatic N) is 2. The van der Waals surface area contributed by atoms with E-state index < -0.39 is 11.9 Å². The van der Waals surface area contributed by atoms with E-state index in [1.807, 2.05) is 0 Å². The Kier molecular flexibility index (Phi) is 8.43. The van der Waals surface area contributed by atoms with E-state index in [0.29, 0.717) is 5.82 Å². The standard InChI is InChI=1S/C17H27F3N2/c1-3-5-7-9-11-14(10-8-6-4-2)16-21-13-12-15(22-16)17(18,19)20/h12-14H,3-11H2,1-2H3. The second kappa shape index (κ2) is 9.80. The van der Waals surface area contributed by atoms with Gasteiger partial charge in [-0.3, -0.25) is 0 Å². The van der Waals surface area contributed by atoms with Crippen LogP contribution in [0.1, 0.15) is 89.1 Å². The third-order valence-electron chi connectivity index (χ3n) is 3.89. The maximum absolute atomic E-state index is 12.8. The van der Waals surface area contributed by atoms with Crippen LogP contribution in [0.15, 0.2) is 12.3 Å². The first-order valence-corrected chi connectivity index (χ1v) is 8.39. The topological polar surface area (TPSA) is 25.8 Å². The normalized spacial score (nSPS) is 13.3. The lowest BCUT2D eigenvalue weighted by Gasteiger charge is -2.16. The van der Waals surface area contributed by atoms with Gasteiger partial charge < -0.3 is 0 Å². The van der Waals surface area contributed by atoms with Gasteiger partial charge in [0.1, 0.15) is 11.5 Å². The average Bonchev–Trinajstić information content (AvgIpc) is 2.49. The summed E-state index contributed by atoms with van der Waals surface area (Å²) in [5.41, 5.74) is -0.827. The van der Waals surface area contributed by atoms with Gasteiger partial charge in [0.25, 0.3) is 0 Å². The summed E-state index contributed by atoms with van der Waals surface area (Å²) in [5.74, 6) is 0.410. The fourth-order valence-corrected chi connectivity index (χ4v) is 2.59. The molecule has 2 nitrogen and oxygen atoms in total.